The van der Waals surface area contributed by atoms with Crippen molar-refractivity contribution in [1.82, 2.24) is 20.5 Å². The maximum atomic E-state index is 10.9. The van der Waals surface area contributed by atoms with Gasteiger partial charge in [0.15, 0.2) is 5.82 Å². The smallest absolute Gasteiger partial charge is 0.246 e. The molecule has 3 aromatic rings. The summed E-state index contributed by atoms with van der Waals surface area (Å²) in [5.41, 5.74) is 4.16. The van der Waals surface area contributed by atoms with E-state index in [1.165, 1.54) is 6.92 Å². The van der Waals surface area contributed by atoms with Crippen LogP contribution in [-0.2, 0) is 17.6 Å². The third-order valence-electron chi connectivity index (χ3n) is 4.31. The Bertz CT molecular complexity index is 905. The number of rotatable bonds is 9. The predicted octanol–water partition coefficient (Wildman–Crippen LogP) is 2.82. The van der Waals surface area contributed by atoms with Crippen molar-refractivity contribution in [3.63, 3.8) is 0 Å². The van der Waals surface area contributed by atoms with E-state index in [0.29, 0.717) is 18.3 Å². The van der Waals surface area contributed by atoms with Crippen LogP contribution in [0, 0.1) is 0 Å². The average Bonchev–Trinajstić information content (AvgIpc) is 3.16. The molecule has 7 nitrogen and oxygen atoms in total. The maximum absolute atomic E-state index is 10.9. The Morgan fingerprint density at radius 3 is 2.68 bits per heavy atom. The minimum absolute atomic E-state index is 0.0161. The lowest BCUT2D eigenvalue weighted by atomic mass is 10.1. The number of aliphatic hydroxyl groups excluding tert-OH is 1. The van der Waals surface area contributed by atoms with Crippen molar-refractivity contribution in [2.24, 2.45) is 0 Å². The van der Waals surface area contributed by atoms with Crippen LogP contribution in [-0.4, -0.2) is 39.3 Å². The van der Waals surface area contributed by atoms with Crippen molar-refractivity contribution in [3.05, 3.63) is 59.7 Å². The van der Waals surface area contributed by atoms with Crippen molar-refractivity contribution in [3.8, 4) is 11.4 Å². The summed E-state index contributed by atoms with van der Waals surface area (Å²) in [5, 5.41) is 22.2. The van der Waals surface area contributed by atoms with Crippen LogP contribution in [0.1, 0.15) is 24.5 Å². The molecule has 0 aliphatic carbocycles. The van der Waals surface area contributed by atoms with E-state index in [-0.39, 0.29) is 12.5 Å². The van der Waals surface area contributed by atoms with E-state index in [1.54, 1.807) is 0 Å². The highest BCUT2D eigenvalue weighted by Crippen LogP contribution is 2.20. The number of amides is 1. The van der Waals surface area contributed by atoms with Crippen LogP contribution in [0.15, 0.2) is 48.5 Å². The molecule has 3 rings (SSSR count). The number of aliphatic hydroxyl groups is 1. The first-order valence-electron chi connectivity index (χ1n) is 9.37. The van der Waals surface area contributed by atoms with Gasteiger partial charge >= 0.3 is 0 Å². The van der Waals surface area contributed by atoms with E-state index in [0.717, 1.165) is 41.6 Å². The molecular formula is C21H25N5O2. The molecule has 0 atom stereocenters. The molecule has 0 spiro atoms. The number of carbonyl (C=O) groups is 1. The Labute approximate surface area is 164 Å². The number of carbonyl (C=O) groups excluding carboxylic acids is 1. The highest BCUT2D eigenvalue weighted by Gasteiger charge is 2.07. The van der Waals surface area contributed by atoms with E-state index in [2.05, 4.69) is 31.9 Å². The third kappa shape index (κ3) is 5.65. The van der Waals surface area contributed by atoms with E-state index < -0.39 is 0 Å². The van der Waals surface area contributed by atoms with Gasteiger partial charge in [-0.2, -0.15) is 4.98 Å². The molecule has 1 heterocycles. The molecule has 0 fully saturated rings. The molecule has 0 saturated heterocycles. The fourth-order valence-electron chi connectivity index (χ4n) is 2.87. The van der Waals surface area contributed by atoms with Gasteiger partial charge in [0, 0.05) is 31.3 Å². The first-order valence-corrected chi connectivity index (χ1v) is 9.37. The summed E-state index contributed by atoms with van der Waals surface area (Å²) in [6, 6.07) is 16.0. The summed E-state index contributed by atoms with van der Waals surface area (Å²) in [5.74, 6) is 1.18. The average molecular weight is 379 g/mol. The van der Waals surface area contributed by atoms with Crippen molar-refractivity contribution in [1.29, 1.82) is 0 Å². The van der Waals surface area contributed by atoms with Gasteiger partial charge in [-0.05, 0) is 48.6 Å². The van der Waals surface area contributed by atoms with Gasteiger partial charge in [-0.3, -0.25) is 9.89 Å². The summed E-state index contributed by atoms with van der Waals surface area (Å²) in [7, 11) is 0. The second-order valence-corrected chi connectivity index (χ2v) is 6.59. The van der Waals surface area contributed by atoms with Crippen LogP contribution < -0.4 is 10.6 Å². The Balaban J connectivity index is 1.61. The minimum atomic E-state index is -0.0161. The molecule has 0 unspecified atom stereocenters. The highest BCUT2D eigenvalue weighted by molar-refractivity contribution is 5.72. The first kappa shape index (κ1) is 19.6. The van der Waals surface area contributed by atoms with E-state index >= 15 is 0 Å². The molecular weight excluding hydrogens is 354 g/mol. The highest BCUT2D eigenvalue weighted by atomic mass is 16.2. The Morgan fingerprint density at radius 2 is 1.93 bits per heavy atom. The van der Waals surface area contributed by atoms with Crippen molar-refractivity contribution in [2.45, 2.75) is 26.2 Å². The topological polar surface area (TPSA) is 103 Å². The monoisotopic (exact) mass is 379 g/mol. The van der Waals surface area contributed by atoms with Gasteiger partial charge in [0.1, 0.15) is 0 Å². The number of hydrogen-bond donors (Lipinski definition) is 4. The molecule has 0 radical (unpaired) electrons. The number of benzene rings is 2. The molecule has 4 N–H and O–H groups in total. The van der Waals surface area contributed by atoms with Gasteiger partial charge in [-0.1, -0.05) is 30.3 Å². The van der Waals surface area contributed by atoms with Crippen LogP contribution in [0.2, 0.25) is 0 Å². The molecule has 2 aromatic carbocycles. The lowest BCUT2D eigenvalue weighted by molar-refractivity contribution is -0.118. The maximum Gasteiger partial charge on any atom is 0.246 e. The number of nitrogens with one attached hydrogen (secondary N) is 3. The lowest BCUT2D eigenvalue weighted by Crippen LogP contribution is -2.22. The van der Waals surface area contributed by atoms with E-state index in [4.69, 9.17) is 5.11 Å². The number of nitrogens with zero attached hydrogens (tertiary/aromatic N) is 2. The minimum Gasteiger partial charge on any atom is -0.396 e. The van der Waals surface area contributed by atoms with Crippen LogP contribution in [0.3, 0.4) is 0 Å². The first-order chi connectivity index (χ1) is 13.6. The summed E-state index contributed by atoms with van der Waals surface area (Å²) >= 11 is 0. The molecule has 1 amide bonds. The summed E-state index contributed by atoms with van der Waals surface area (Å²) in [6.07, 6.45) is 2.36. The van der Waals surface area contributed by atoms with Crippen LogP contribution >= 0.6 is 0 Å². The number of hydrogen-bond acceptors (Lipinski definition) is 5. The normalized spacial score (nSPS) is 10.6. The Kier molecular flexibility index (Phi) is 6.75. The predicted molar refractivity (Wildman–Crippen MR) is 109 cm³/mol. The van der Waals surface area contributed by atoms with Gasteiger partial charge in [-0.25, -0.2) is 0 Å². The number of H-pyrrole nitrogens is 1. The van der Waals surface area contributed by atoms with Gasteiger partial charge in [0.2, 0.25) is 11.9 Å². The molecule has 0 aliphatic heterocycles. The second kappa shape index (κ2) is 9.66. The van der Waals surface area contributed by atoms with Crippen LogP contribution in [0.25, 0.3) is 11.4 Å². The molecule has 7 heteroatoms. The fourth-order valence-corrected chi connectivity index (χ4v) is 2.87. The molecule has 28 heavy (non-hydrogen) atoms. The second-order valence-electron chi connectivity index (χ2n) is 6.59. The lowest BCUT2D eigenvalue weighted by Gasteiger charge is -2.05. The Hall–Kier alpha value is -3.19. The standard InChI is InChI=1S/C21H25N5O2/c1-15(28)22-12-11-16-7-9-19(10-8-16)23-21-24-20(25-26-21)18-6-2-4-17(14-18)5-3-13-27/h2,4,6-10,14,27H,3,5,11-13H2,1H3,(H,22,28)(H2,23,24,25,26). The molecule has 0 aliphatic rings. The zero-order valence-corrected chi connectivity index (χ0v) is 15.9. The van der Waals surface area contributed by atoms with Crippen molar-refractivity contribution >= 4 is 17.5 Å². The van der Waals surface area contributed by atoms with Gasteiger partial charge in [0.25, 0.3) is 0 Å². The third-order valence-corrected chi connectivity index (χ3v) is 4.31. The molecule has 146 valence electrons. The van der Waals surface area contributed by atoms with Gasteiger partial charge < -0.3 is 15.7 Å². The van der Waals surface area contributed by atoms with Crippen molar-refractivity contribution < 1.29 is 9.90 Å². The summed E-state index contributed by atoms with van der Waals surface area (Å²) < 4.78 is 0. The van der Waals surface area contributed by atoms with E-state index in [9.17, 15) is 4.79 Å². The van der Waals surface area contributed by atoms with Gasteiger partial charge in [-0.15, -0.1) is 5.10 Å². The zero-order valence-electron chi connectivity index (χ0n) is 15.9. The SMILES string of the molecule is CC(=O)NCCc1ccc(Nc2n[nH]c(-c3cccc(CCCO)c3)n2)cc1. The number of aryl methyl sites for hydroxylation is 1. The number of anilines is 2. The van der Waals surface area contributed by atoms with Gasteiger partial charge in [0.05, 0.1) is 0 Å². The zero-order chi connectivity index (χ0) is 19.8. The quantitative estimate of drug-likeness (QED) is 0.458. The molecule has 0 bridgehead atoms. The summed E-state index contributed by atoms with van der Waals surface area (Å²) in [6.45, 7) is 2.33. The molecule has 0 saturated carbocycles. The summed E-state index contributed by atoms with van der Waals surface area (Å²) in [4.78, 5) is 15.4. The molecule has 1 aromatic heterocycles. The number of aromatic amines is 1. The van der Waals surface area contributed by atoms with Crippen LogP contribution in [0.5, 0.6) is 0 Å². The van der Waals surface area contributed by atoms with Crippen molar-refractivity contribution in [2.75, 3.05) is 18.5 Å². The largest absolute Gasteiger partial charge is 0.396 e. The number of aromatic nitrogens is 3. The van der Waals surface area contributed by atoms with Crippen LogP contribution in [0.4, 0.5) is 11.6 Å². The van der Waals surface area contributed by atoms with E-state index in [1.807, 2.05) is 42.5 Å². The fraction of sp³-hybridized carbons (Fsp3) is 0.286. The Morgan fingerprint density at radius 1 is 1.11 bits per heavy atom.